The summed E-state index contributed by atoms with van der Waals surface area (Å²) >= 11 is 1.23. The molecule has 3 aromatic rings. The van der Waals surface area contributed by atoms with Crippen LogP contribution in [0.5, 0.6) is 0 Å². The third-order valence-electron chi connectivity index (χ3n) is 6.47. The molecule has 8 heteroatoms. The maximum Gasteiger partial charge on any atom is 0.339 e. The number of carbonyl (C=O) groups excluding carboxylic acids is 4. The molecule has 2 amide bonds. The number of rotatable bonds is 8. The molecule has 0 saturated carbocycles. The van der Waals surface area contributed by atoms with Crippen molar-refractivity contribution in [1.29, 1.82) is 0 Å². The second kappa shape index (κ2) is 10.6. The van der Waals surface area contributed by atoms with E-state index >= 15 is 0 Å². The lowest BCUT2D eigenvalue weighted by molar-refractivity contribution is -0.117. The van der Waals surface area contributed by atoms with Crippen molar-refractivity contribution in [2.45, 2.75) is 31.1 Å². The van der Waals surface area contributed by atoms with E-state index in [-0.39, 0.29) is 23.4 Å². The molecule has 2 aliphatic heterocycles. The van der Waals surface area contributed by atoms with E-state index in [1.165, 1.54) is 11.8 Å². The SMILES string of the molecule is Cc1ccc(NC(=O)CSc2ccccc2C(=O)OCC(=O)c2cc3c4c(c2)CC(=O)N4CCC3)cc1. The Morgan fingerprint density at radius 1 is 1.03 bits per heavy atom. The number of carbonyl (C=O) groups is 4. The second-order valence-corrected chi connectivity index (χ2v) is 10.2. The van der Waals surface area contributed by atoms with Gasteiger partial charge in [0, 0.05) is 22.7 Å². The van der Waals surface area contributed by atoms with Crippen molar-refractivity contribution < 1.29 is 23.9 Å². The number of nitrogens with zero attached hydrogens (tertiary/aromatic N) is 1. The van der Waals surface area contributed by atoms with Crippen molar-refractivity contribution in [1.82, 2.24) is 0 Å². The van der Waals surface area contributed by atoms with Crippen LogP contribution in [0.25, 0.3) is 0 Å². The first-order chi connectivity index (χ1) is 17.9. The highest BCUT2D eigenvalue weighted by atomic mass is 32.2. The summed E-state index contributed by atoms with van der Waals surface area (Å²) in [6, 6.07) is 17.9. The first kappa shape index (κ1) is 24.8. The molecule has 5 rings (SSSR count). The van der Waals surface area contributed by atoms with Gasteiger partial charge in [-0.2, -0.15) is 0 Å². The number of hydrogen-bond acceptors (Lipinski definition) is 6. The number of esters is 1. The lowest BCUT2D eigenvalue weighted by atomic mass is 9.95. The van der Waals surface area contributed by atoms with Crippen LogP contribution in [0.4, 0.5) is 11.4 Å². The van der Waals surface area contributed by atoms with E-state index < -0.39 is 12.6 Å². The minimum Gasteiger partial charge on any atom is -0.454 e. The first-order valence-electron chi connectivity index (χ1n) is 12.1. The second-order valence-electron chi connectivity index (χ2n) is 9.17. The van der Waals surface area contributed by atoms with Crippen molar-refractivity contribution in [2.75, 3.05) is 29.1 Å². The quantitative estimate of drug-likeness (QED) is 0.268. The summed E-state index contributed by atoms with van der Waals surface area (Å²) in [5.41, 5.74) is 5.37. The molecule has 2 aliphatic rings. The molecule has 0 aromatic heterocycles. The van der Waals surface area contributed by atoms with Crippen LogP contribution in [0.1, 0.15) is 43.8 Å². The number of Topliss-reactive ketones (excluding diaryl/α,β-unsaturated/α-hetero) is 1. The number of ether oxygens (including phenoxy) is 1. The summed E-state index contributed by atoms with van der Waals surface area (Å²) in [4.78, 5) is 52.8. The lowest BCUT2D eigenvalue weighted by Gasteiger charge is -2.25. The van der Waals surface area contributed by atoms with Gasteiger partial charge in [0.1, 0.15) is 0 Å². The fraction of sp³-hybridized carbons (Fsp3) is 0.241. The van der Waals surface area contributed by atoms with Crippen molar-refractivity contribution in [3.63, 3.8) is 0 Å². The zero-order valence-electron chi connectivity index (χ0n) is 20.4. The smallest absolute Gasteiger partial charge is 0.339 e. The van der Waals surface area contributed by atoms with Gasteiger partial charge in [0.2, 0.25) is 11.8 Å². The Labute approximate surface area is 219 Å². The summed E-state index contributed by atoms with van der Waals surface area (Å²) in [6.45, 7) is 2.29. The van der Waals surface area contributed by atoms with Crippen LogP contribution < -0.4 is 10.2 Å². The molecule has 3 aromatic carbocycles. The summed E-state index contributed by atoms with van der Waals surface area (Å²) in [7, 11) is 0. The fourth-order valence-corrected chi connectivity index (χ4v) is 5.51. The molecule has 37 heavy (non-hydrogen) atoms. The van der Waals surface area contributed by atoms with Gasteiger partial charge < -0.3 is 15.0 Å². The third kappa shape index (κ3) is 5.44. The van der Waals surface area contributed by atoms with Crippen LogP contribution in [-0.4, -0.2) is 42.5 Å². The molecule has 0 spiro atoms. The monoisotopic (exact) mass is 514 g/mol. The normalized spacial score (nSPS) is 13.8. The molecule has 2 heterocycles. The van der Waals surface area contributed by atoms with Gasteiger partial charge in [0.05, 0.1) is 23.4 Å². The molecule has 7 nitrogen and oxygen atoms in total. The number of hydrogen-bond donors (Lipinski definition) is 1. The molecule has 1 N–H and O–H groups in total. The van der Waals surface area contributed by atoms with Crippen LogP contribution in [0.2, 0.25) is 0 Å². The standard InChI is InChI=1S/C29H26N2O5S/c1-18-8-10-22(11-9-18)30-26(33)17-37-25-7-3-2-6-23(25)29(35)36-16-24(32)20-13-19-5-4-12-31-27(34)15-21(14-20)28(19)31/h2-3,6-11,13-14H,4-5,12,15-17H2,1H3,(H,30,33). The van der Waals surface area contributed by atoms with Gasteiger partial charge in [0.25, 0.3) is 0 Å². The Morgan fingerprint density at radius 3 is 2.59 bits per heavy atom. The minimum absolute atomic E-state index is 0.0635. The van der Waals surface area contributed by atoms with E-state index in [9.17, 15) is 19.2 Å². The van der Waals surface area contributed by atoms with Gasteiger partial charge in [-0.25, -0.2) is 4.79 Å². The minimum atomic E-state index is -0.626. The molecule has 0 unspecified atom stereocenters. The van der Waals surface area contributed by atoms with Gasteiger partial charge in [-0.3, -0.25) is 14.4 Å². The molecular weight excluding hydrogens is 488 g/mol. The van der Waals surface area contributed by atoms with E-state index in [1.54, 1.807) is 35.2 Å². The highest BCUT2D eigenvalue weighted by Crippen LogP contribution is 2.37. The van der Waals surface area contributed by atoms with Gasteiger partial charge >= 0.3 is 5.97 Å². The molecular formula is C29H26N2O5S. The van der Waals surface area contributed by atoms with Crippen LogP contribution in [0, 0.1) is 6.92 Å². The first-order valence-corrected chi connectivity index (χ1v) is 13.1. The predicted molar refractivity (Wildman–Crippen MR) is 142 cm³/mol. The molecule has 0 atom stereocenters. The Morgan fingerprint density at radius 2 is 1.78 bits per heavy atom. The number of aryl methyl sites for hydroxylation is 2. The number of benzene rings is 3. The van der Waals surface area contributed by atoms with Gasteiger partial charge in [-0.15, -0.1) is 11.8 Å². The van der Waals surface area contributed by atoms with Crippen molar-refractivity contribution in [2.24, 2.45) is 0 Å². The Kier molecular flexibility index (Phi) is 7.10. The largest absolute Gasteiger partial charge is 0.454 e. The Balaban J connectivity index is 1.20. The molecule has 0 bridgehead atoms. The highest BCUT2D eigenvalue weighted by molar-refractivity contribution is 8.00. The topological polar surface area (TPSA) is 92.8 Å². The van der Waals surface area contributed by atoms with Crippen LogP contribution in [-0.2, 0) is 27.2 Å². The average Bonchev–Trinajstić information content (AvgIpc) is 3.23. The number of ketones is 1. The van der Waals surface area contributed by atoms with Crippen LogP contribution in [0.3, 0.4) is 0 Å². The van der Waals surface area contributed by atoms with Crippen LogP contribution in [0.15, 0.2) is 65.6 Å². The van der Waals surface area contributed by atoms with E-state index in [4.69, 9.17) is 4.74 Å². The van der Waals surface area contributed by atoms with Gasteiger partial charge in [-0.05, 0) is 67.3 Å². The summed E-state index contributed by atoms with van der Waals surface area (Å²) in [5.74, 6) is -0.950. The molecule has 0 radical (unpaired) electrons. The highest BCUT2D eigenvalue weighted by Gasteiger charge is 2.33. The third-order valence-corrected chi connectivity index (χ3v) is 7.54. The predicted octanol–water partition coefficient (Wildman–Crippen LogP) is 4.60. The van der Waals surface area contributed by atoms with Gasteiger partial charge in [-0.1, -0.05) is 29.8 Å². The van der Waals surface area contributed by atoms with Crippen molar-refractivity contribution in [3.05, 3.63) is 88.5 Å². The van der Waals surface area contributed by atoms with E-state index in [1.807, 2.05) is 37.3 Å². The Hall–Kier alpha value is -3.91. The molecule has 188 valence electrons. The maximum atomic E-state index is 12.9. The molecule has 0 aliphatic carbocycles. The number of thioether (sulfide) groups is 1. The Bertz CT molecular complexity index is 1400. The zero-order valence-corrected chi connectivity index (χ0v) is 21.2. The van der Waals surface area contributed by atoms with Crippen molar-refractivity contribution >= 4 is 46.7 Å². The van der Waals surface area contributed by atoms with E-state index in [0.29, 0.717) is 28.1 Å². The van der Waals surface area contributed by atoms with E-state index in [2.05, 4.69) is 5.32 Å². The lowest BCUT2D eigenvalue weighted by Crippen LogP contribution is -2.31. The van der Waals surface area contributed by atoms with Crippen molar-refractivity contribution in [3.8, 4) is 0 Å². The number of amides is 2. The maximum absolute atomic E-state index is 12.9. The summed E-state index contributed by atoms with van der Waals surface area (Å²) < 4.78 is 5.37. The van der Waals surface area contributed by atoms with E-state index in [0.717, 1.165) is 41.8 Å². The van der Waals surface area contributed by atoms with Gasteiger partial charge in [0.15, 0.2) is 12.4 Å². The van der Waals surface area contributed by atoms with Crippen LogP contribution >= 0.6 is 11.8 Å². The summed E-state index contributed by atoms with van der Waals surface area (Å²) in [5, 5.41) is 2.84. The number of nitrogens with one attached hydrogen (secondary N) is 1. The fourth-order valence-electron chi connectivity index (χ4n) is 4.67. The average molecular weight is 515 g/mol. The summed E-state index contributed by atoms with van der Waals surface area (Å²) in [6.07, 6.45) is 1.97. The number of anilines is 2. The zero-order chi connectivity index (χ0) is 25.9. The molecule has 0 fully saturated rings. The molecule has 0 saturated heterocycles.